The number of ether oxygens (including phenoxy) is 1. The van der Waals surface area contributed by atoms with Gasteiger partial charge in [0.2, 0.25) is 0 Å². The average Bonchev–Trinajstić information content (AvgIpc) is 2.76. The standard InChI is InChI=1S/C12H11NO4/c1-16-9-4-2-8(3-5-9)10-7-17-13-11(10)6-12(14)15/h2-5,7H,6H2,1H3,(H,14,15). The van der Waals surface area contributed by atoms with E-state index in [0.717, 1.165) is 11.3 Å². The summed E-state index contributed by atoms with van der Waals surface area (Å²) in [4.78, 5) is 10.6. The predicted molar refractivity (Wildman–Crippen MR) is 59.8 cm³/mol. The van der Waals surface area contributed by atoms with E-state index in [0.29, 0.717) is 11.3 Å². The maximum atomic E-state index is 10.6. The number of hydrogen-bond acceptors (Lipinski definition) is 4. The van der Waals surface area contributed by atoms with Crippen LogP contribution in [0.3, 0.4) is 0 Å². The van der Waals surface area contributed by atoms with Gasteiger partial charge in [0, 0.05) is 5.56 Å². The number of rotatable bonds is 4. The van der Waals surface area contributed by atoms with E-state index in [2.05, 4.69) is 5.16 Å². The minimum absolute atomic E-state index is 0.155. The molecule has 0 spiro atoms. The fourth-order valence-corrected chi connectivity index (χ4v) is 1.54. The number of aromatic nitrogens is 1. The second kappa shape index (κ2) is 4.69. The van der Waals surface area contributed by atoms with Crippen molar-refractivity contribution < 1.29 is 19.2 Å². The summed E-state index contributed by atoms with van der Waals surface area (Å²) >= 11 is 0. The smallest absolute Gasteiger partial charge is 0.309 e. The number of benzene rings is 1. The quantitative estimate of drug-likeness (QED) is 0.874. The van der Waals surface area contributed by atoms with Gasteiger partial charge >= 0.3 is 5.97 Å². The third-order valence-electron chi connectivity index (χ3n) is 2.36. The van der Waals surface area contributed by atoms with Crippen LogP contribution < -0.4 is 4.74 Å². The molecule has 0 saturated carbocycles. The van der Waals surface area contributed by atoms with Gasteiger partial charge in [-0.2, -0.15) is 0 Å². The Morgan fingerprint density at radius 2 is 2.12 bits per heavy atom. The molecule has 1 N–H and O–H groups in total. The topological polar surface area (TPSA) is 72.6 Å². The zero-order valence-corrected chi connectivity index (χ0v) is 9.21. The van der Waals surface area contributed by atoms with Gasteiger partial charge in [-0.3, -0.25) is 4.79 Å². The predicted octanol–water partition coefficient (Wildman–Crippen LogP) is 1.98. The number of carboxylic acid groups (broad SMARTS) is 1. The Morgan fingerprint density at radius 1 is 1.41 bits per heavy atom. The Hall–Kier alpha value is -2.30. The fourth-order valence-electron chi connectivity index (χ4n) is 1.54. The van der Waals surface area contributed by atoms with Gasteiger partial charge in [-0.25, -0.2) is 0 Å². The molecule has 0 atom stereocenters. The minimum Gasteiger partial charge on any atom is -0.497 e. The van der Waals surface area contributed by atoms with Gasteiger partial charge in [0.15, 0.2) is 0 Å². The van der Waals surface area contributed by atoms with Crippen molar-refractivity contribution in [3.8, 4) is 16.9 Å². The second-order valence-corrected chi connectivity index (χ2v) is 3.47. The summed E-state index contributed by atoms with van der Waals surface area (Å²) in [7, 11) is 1.59. The molecule has 0 aliphatic rings. The van der Waals surface area contributed by atoms with Crippen LogP contribution in [0.4, 0.5) is 0 Å². The maximum absolute atomic E-state index is 10.6. The van der Waals surface area contributed by atoms with Gasteiger partial charge in [0.1, 0.15) is 17.7 Å². The summed E-state index contributed by atoms with van der Waals surface area (Å²) < 4.78 is 9.86. The highest BCUT2D eigenvalue weighted by Crippen LogP contribution is 2.25. The number of hydrogen-bond donors (Lipinski definition) is 1. The lowest BCUT2D eigenvalue weighted by Crippen LogP contribution is -2.01. The highest BCUT2D eigenvalue weighted by molar-refractivity contribution is 5.75. The van der Waals surface area contributed by atoms with E-state index in [4.69, 9.17) is 14.4 Å². The lowest BCUT2D eigenvalue weighted by Gasteiger charge is -2.02. The monoisotopic (exact) mass is 233 g/mol. The van der Waals surface area contributed by atoms with Gasteiger partial charge in [-0.15, -0.1) is 0 Å². The van der Waals surface area contributed by atoms with Crippen molar-refractivity contribution in [2.24, 2.45) is 0 Å². The highest BCUT2D eigenvalue weighted by Gasteiger charge is 2.13. The van der Waals surface area contributed by atoms with E-state index >= 15 is 0 Å². The van der Waals surface area contributed by atoms with Crippen LogP contribution >= 0.6 is 0 Å². The molecule has 2 aromatic rings. The lowest BCUT2D eigenvalue weighted by atomic mass is 10.1. The molecule has 5 nitrogen and oxygen atoms in total. The number of nitrogens with zero attached hydrogens (tertiary/aromatic N) is 1. The Balaban J connectivity index is 2.32. The molecule has 0 aliphatic heterocycles. The van der Waals surface area contributed by atoms with Crippen molar-refractivity contribution >= 4 is 5.97 Å². The third kappa shape index (κ3) is 2.44. The van der Waals surface area contributed by atoms with Crippen LogP contribution in [0.15, 0.2) is 35.1 Å². The first-order chi connectivity index (χ1) is 8.20. The molecule has 1 aromatic heterocycles. The summed E-state index contributed by atoms with van der Waals surface area (Å²) in [6.45, 7) is 0. The van der Waals surface area contributed by atoms with E-state index in [-0.39, 0.29) is 6.42 Å². The maximum Gasteiger partial charge on any atom is 0.309 e. The lowest BCUT2D eigenvalue weighted by molar-refractivity contribution is -0.136. The van der Waals surface area contributed by atoms with Gasteiger partial charge in [0.05, 0.1) is 13.5 Å². The van der Waals surface area contributed by atoms with Crippen molar-refractivity contribution in [1.82, 2.24) is 5.16 Å². The van der Waals surface area contributed by atoms with E-state index in [1.807, 2.05) is 12.1 Å². The average molecular weight is 233 g/mol. The molecule has 0 aliphatic carbocycles. The minimum atomic E-state index is -0.936. The first kappa shape index (κ1) is 11.2. The molecule has 2 rings (SSSR count). The van der Waals surface area contributed by atoms with Crippen molar-refractivity contribution in [2.45, 2.75) is 6.42 Å². The SMILES string of the molecule is COc1ccc(-c2conc2CC(=O)O)cc1. The number of carboxylic acids is 1. The van der Waals surface area contributed by atoms with Gasteiger partial charge in [0.25, 0.3) is 0 Å². The molecule has 0 radical (unpaired) electrons. The molecular weight excluding hydrogens is 222 g/mol. The van der Waals surface area contributed by atoms with Crippen LogP contribution in [0.1, 0.15) is 5.69 Å². The van der Waals surface area contributed by atoms with Crippen LogP contribution in [0.2, 0.25) is 0 Å². The van der Waals surface area contributed by atoms with Crippen molar-refractivity contribution in [3.63, 3.8) is 0 Å². The Morgan fingerprint density at radius 3 is 2.71 bits per heavy atom. The van der Waals surface area contributed by atoms with E-state index in [9.17, 15) is 4.79 Å². The summed E-state index contributed by atoms with van der Waals surface area (Å²) in [5.41, 5.74) is 1.96. The largest absolute Gasteiger partial charge is 0.497 e. The van der Waals surface area contributed by atoms with Crippen LogP contribution in [-0.4, -0.2) is 23.3 Å². The van der Waals surface area contributed by atoms with Crippen LogP contribution in [0.5, 0.6) is 5.75 Å². The summed E-state index contributed by atoms with van der Waals surface area (Å²) in [6, 6.07) is 7.26. The Kier molecular flexibility index (Phi) is 3.09. The summed E-state index contributed by atoms with van der Waals surface area (Å²) in [5.74, 6) is -0.196. The van der Waals surface area contributed by atoms with Gasteiger partial charge < -0.3 is 14.4 Å². The zero-order chi connectivity index (χ0) is 12.3. The molecule has 1 aromatic carbocycles. The Bertz CT molecular complexity index is 516. The van der Waals surface area contributed by atoms with Gasteiger partial charge in [-0.1, -0.05) is 17.3 Å². The molecule has 5 heteroatoms. The molecule has 1 heterocycles. The summed E-state index contributed by atoms with van der Waals surface area (Å²) in [6.07, 6.45) is 1.29. The van der Waals surface area contributed by atoms with Crippen molar-refractivity contribution in [1.29, 1.82) is 0 Å². The van der Waals surface area contributed by atoms with Crippen LogP contribution in [-0.2, 0) is 11.2 Å². The second-order valence-electron chi connectivity index (χ2n) is 3.47. The Labute approximate surface area is 97.6 Å². The van der Waals surface area contributed by atoms with Crippen LogP contribution in [0.25, 0.3) is 11.1 Å². The van der Waals surface area contributed by atoms with E-state index in [1.165, 1.54) is 6.26 Å². The molecular formula is C12H11NO4. The number of aliphatic carboxylic acids is 1. The number of carbonyl (C=O) groups is 1. The molecule has 17 heavy (non-hydrogen) atoms. The molecule has 0 fully saturated rings. The molecule has 88 valence electrons. The van der Waals surface area contributed by atoms with E-state index < -0.39 is 5.97 Å². The molecule has 0 saturated heterocycles. The third-order valence-corrected chi connectivity index (χ3v) is 2.36. The molecule has 0 amide bonds. The molecule has 0 unspecified atom stereocenters. The van der Waals surface area contributed by atoms with Crippen molar-refractivity contribution in [3.05, 3.63) is 36.2 Å². The first-order valence-corrected chi connectivity index (χ1v) is 5.00. The highest BCUT2D eigenvalue weighted by atomic mass is 16.5. The number of methoxy groups -OCH3 is 1. The van der Waals surface area contributed by atoms with Gasteiger partial charge in [-0.05, 0) is 17.7 Å². The first-order valence-electron chi connectivity index (χ1n) is 5.00. The molecule has 0 bridgehead atoms. The fraction of sp³-hybridized carbons (Fsp3) is 0.167. The normalized spacial score (nSPS) is 10.2. The van der Waals surface area contributed by atoms with E-state index in [1.54, 1.807) is 19.2 Å². The summed E-state index contributed by atoms with van der Waals surface area (Å²) in [5, 5.41) is 12.4. The van der Waals surface area contributed by atoms with Crippen molar-refractivity contribution in [2.75, 3.05) is 7.11 Å². The zero-order valence-electron chi connectivity index (χ0n) is 9.21. The van der Waals surface area contributed by atoms with Crippen LogP contribution in [0, 0.1) is 0 Å².